The first-order valence-corrected chi connectivity index (χ1v) is 10.7. The lowest BCUT2D eigenvalue weighted by Crippen LogP contribution is -2.31. The largest absolute Gasteiger partial charge is 0.337 e. The molecule has 32 heavy (non-hydrogen) atoms. The predicted molar refractivity (Wildman–Crippen MR) is 124 cm³/mol. The average molecular weight is 448 g/mol. The second-order valence-corrected chi connectivity index (χ2v) is 7.82. The van der Waals surface area contributed by atoms with E-state index >= 15 is 0 Å². The van der Waals surface area contributed by atoms with Crippen LogP contribution in [0, 0.1) is 6.92 Å². The van der Waals surface area contributed by atoms with Crippen LogP contribution in [-0.2, 0) is 4.79 Å². The van der Waals surface area contributed by atoms with Gasteiger partial charge in [0.2, 0.25) is 5.91 Å². The molecule has 4 aromatic rings. The molecule has 0 aliphatic carbocycles. The van der Waals surface area contributed by atoms with Crippen molar-refractivity contribution in [3.63, 3.8) is 0 Å². The van der Waals surface area contributed by atoms with E-state index in [4.69, 9.17) is 0 Å². The van der Waals surface area contributed by atoms with Gasteiger partial charge < -0.3 is 10.6 Å². The number of pyridine rings is 1. The van der Waals surface area contributed by atoms with Crippen molar-refractivity contribution >= 4 is 34.2 Å². The van der Waals surface area contributed by atoms with Crippen LogP contribution in [0.5, 0.6) is 0 Å². The van der Waals surface area contributed by atoms with E-state index in [9.17, 15) is 9.59 Å². The smallest absolute Gasteiger partial charge is 0.321 e. The number of amides is 3. The van der Waals surface area contributed by atoms with Gasteiger partial charge in [0.1, 0.15) is 5.82 Å². The molecule has 9 nitrogen and oxygen atoms in total. The van der Waals surface area contributed by atoms with E-state index in [1.807, 2.05) is 43.5 Å². The summed E-state index contributed by atoms with van der Waals surface area (Å²) in [4.78, 5) is 33.5. The summed E-state index contributed by atoms with van der Waals surface area (Å²) in [5.41, 5.74) is 2.80. The summed E-state index contributed by atoms with van der Waals surface area (Å²) in [6, 6.07) is 14.7. The monoisotopic (exact) mass is 447 g/mol. The van der Waals surface area contributed by atoms with E-state index in [0.717, 1.165) is 21.8 Å². The first kappa shape index (κ1) is 21.2. The van der Waals surface area contributed by atoms with Gasteiger partial charge in [-0.05, 0) is 42.8 Å². The van der Waals surface area contributed by atoms with Gasteiger partial charge in [-0.3, -0.25) is 10.1 Å². The number of anilines is 2. The molecule has 0 spiro atoms. The number of rotatable bonds is 7. The highest BCUT2D eigenvalue weighted by atomic mass is 32.1. The summed E-state index contributed by atoms with van der Waals surface area (Å²) in [5, 5.41) is 12.8. The molecule has 0 saturated carbocycles. The van der Waals surface area contributed by atoms with Crippen molar-refractivity contribution in [3.05, 3.63) is 72.8 Å². The van der Waals surface area contributed by atoms with E-state index < -0.39 is 6.03 Å². The van der Waals surface area contributed by atoms with E-state index in [2.05, 4.69) is 31.0 Å². The first-order valence-electron chi connectivity index (χ1n) is 9.92. The number of hydrogen-bond acceptors (Lipinski definition) is 6. The molecule has 4 rings (SSSR count). The number of nitrogens with zero attached hydrogens (tertiary/aromatic N) is 4. The van der Waals surface area contributed by atoms with Crippen molar-refractivity contribution in [1.29, 1.82) is 0 Å². The number of carbonyl (C=O) groups is 2. The molecule has 0 atom stereocenters. The van der Waals surface area contributed by atoms with Gasteiger partial charge in [0.25, 0.3) is 0 Å². The zero-order valence-corrected chi connectivity index (χ0v) is 18.1. The third-order valence-corrected chi connectivity index (χ3v) is 5.61. The fraction of sp³-hybridized carbons (Fsp3) is 0.136. The van der Waals surface area contributed by atoms with Crippen LogP contribution in [-0.4, -0.2) is 38.2 Å². The summed E-state index contributed by atoms with van der Waals surface area (Å²) in [6.07, 6.45) is 5.35. The van der Waals surface area contributed by atoms with Crippen LogP contribution >= 0.6 is 11.3 Å². The van der Waals surface area contributed by atoms with Crippen molar-refractivity contribution in [2.75, 3.05) is 17.2 Å². The van der Waals surface area contributed by atoms with Gasteiger partial charge in [-0.1, -0.05) is 29.5 Å². The topological polar surface area (TPSA) is 114 Å². The summed E-state index contributed by atoms with van der Waals surface area (Å²) >= 11 is 1.39. The molecule has 0 aliphatic heterocycles. The van der Waals surface area contributed by atoms with Crippen LogP contribution in [0.4, 0.5) is 15.7 Å². The fourth-order valence-electron chi connectivity index (χ4n) is 2.98. The second kappa shape index (κ2) is 9.84. The van der Waals surface area contributed by atoms with Gasteiger partial charge in [-0.2, -0.15) is 5.10 Å². The van der Waals surface area contributed by atoms with Crippen LogP contribution < -0.4 is 16.0 Å². The Morgan fingerprint density at radius 1 is 1.03 bits per heavy atom. The zero-order chi connectivity index (χ0) is 22.3. The van der Waals surface area contributed by atoms with Crippen LogP contribution in [0.15, 0.2) is 67.1 Å². The Kier molecular flexibility index (Phi) is 6.52. The van der Waals surface area contributed by atoms with E-state index in [0.29, 0.717) is 10.9 Å². The molecule has 3 aromatic heterocycles. The molecule has 0 bridgehead atoms. The van der Waals surface area contributed by atoms with Gasteiger partial charge in [-0.15, -0.1) is 0 Å². The van der Waals surface area contributed by atoms with Gasteiger partial charge in [-0.25, -0.2) is 19.4 Å². The fourth-order valence-corrected chi connectivity index (χ4v) is 3.94. The lowest BCUT2D eigenvalue weighted by molar-refractivity contribution is -0.116. The predicted octanol–water partition coefficient (Wildman–Crippen LogP) is 3.85. The van der Waals surface area contributed by atoms with E-state index in [1.165, 1.54) is 11.3 Å². The molecule has 162 valence electrons. The molecule has 3 N–H and O–H groups in total. The lowest BCUT2D eigenvalue weighted by atomic mass is 10.1. The number of benzene rings is 1. The highest BCUT2D eigenvalue weighted by Crippen LogP contribution is 2.33. The minimum atomic E-state index is -0.412. The Labute approximate surface area is 188 Å². The average Bonchev–Trinajstić information content (AvgIpc) is 3.45. The molecule has 1 aromatic carbocycles. The Hall–Kier alpha value is -4.05. The lowest BCUT2D eigenvalue weighted by Gasteiger charge is -2.06. The Bertz CT molecular complexity index is 1190. The maximum atomic E-state index is 12.2. The quantitative estimate of drug-likeness (QED) is 0.398. The first-order chi connectivity index (χ1) is 15.6. The van der Waals surface area contributed by atoms with Crippen molar-refractivity contribution in [2.45, 2.75) is 13.3 Å². The maximum Gasteiger partial charge on any atom is 0.321 e. The molecule has 3 heterocycles. The Morgan fingerprint density at radius 3 is 2.59 bits per heavy atom. The van der Waals surface area contributed by atoms with E-state index in [-0.39, 0.29) is 18.9 Å². The van der Waals surface area contributed by atoms with Gasteiger partial charge in [0.15, 0.2) is 5.13 Å². The van der Waals surface area contributed by atoms with Crippen LogP contribution in [0.2, 0.25) is 0 Å². The van der Waals surface area contributed by atoms with Crippen LogP contribution in [0.3, 0.4) is 0 Å². The highest BCUT2D eigenvalue weighted by Gasteiger charge is 2.13. The van der Waals surface area contributed by atoms with Crippen molar-refractivity contribution in [3.8, 4) is 16.1 Å². The zero-order valence-electron chi connectivity index (χ0n) is 17.3. The Balaban J connectivity index is 1.29. The third kappa shape index (κ3) is 5.35. The molecule has 0 radical (unpaired) electrons. The van der Waals surface area contributed by atoms with Crippen molar-refractivity contribution in [1.82, 2.24) is 25.1 Å². The van der Waals surface area contributed by atoms with E-state index in [1.54, 1.807) is 35.3 Å². The number of urea groups is 1. The maximum absolute atomic E-state index is 12.2. The number of hydrogen-bond donors (Lipinski definition) is 3. The molecule has 0 saturated heterocycles. The van der Waals surface area contributed by atoms with Crippen LogP contribution in [0.1, 0.15) is 12.1 Å². The minimum Gasteiger partial charge on any atom is -0.337 e. The number of aromatic nitrogens is 4. The third-order valence-electron chi connectivity index (χ3n) is 4.49. The molecule has 0 fully saturated rings. The standard InChI is InChI=1S/C22H21N7O2S/c1-15-20(16-6-8-17(9-7-16)29-14-4-12-25-29)32-22(26-15)28-21(31)24-13-10-19(30)27-18-5-2-3-11-23-18/h2-9,11-12,14H,10,13H2,1H3,(H,23,27,30)(H2,24,26,28,31). The van der Waals surface area contributed by atoms with Crippen molar-refractivity contribution < 1.29 is 9.59 Å². The second-order valence-electron chi connectivity index (χ2n) is 6.83. The van der Waals surface area contributed by atoms with Gasteiger partial charge in [0, 0.05) is 31.6 Å². The van der Waals surface area contributed by atoms with Gasteiger partial charge in [0.05, 0.1) is 16.3 Å². The van der Waals surface area contributed by atoms with Gasteiger partial charge >= 0.3 is 6.03 Å². The molecule has 0 aliphatic rings. The highest BCUT2D eigenvalue weighted by molar-refractivity contribution is 7.19. The number of thiazole rings is 1. The number of aryl methyl sites for hydroxylation is 1. The minimum absolute atomic E-state index is 0.134. The molecular formula is C22H21N7O2S. The number of nitrogens with one attached hydrogen (secondary N) is 3. The molecule has 3 amide bonds. The normalized spacial score (nSPS) is 10.5. The van der Waals surface area contributed by atoms with Crippen LogP contribution in [0.25, 0.3) is 16.1 Å². The summed E-state index contributed by atoms with van der Waals surface area (Å²) < 4.78 is 1.79. The number of carbonyl (C=O) groups excluding carboxylic acids is 2. The molecule has 0 unspecified atom stereocenters. The summed E-state index contributed by atoms with van der Waals surface area (Å²) in [7, 11) is 0. The Morgan fingerprint density at radius 2 is 1.88 bits per heavy atom. The van der Waals surface area contributed by atoms with Crippen molar-refractivity contribution in [2.24, 2.45) is 0 Å². The summed E-state index contributed by atoms with van der Waals surface area (Å²) in [5.74, 6) is 0.250. The molecular weight excluding hydrogens is 426 g/mol. The summed E-state index contributed by atoms with van der Waals surface area (Å²) in [6.45, 7) is 2.09. The SMILES string of the molecule is Cc1nc(NC(=O)NCCC(=O)Nc2ccccn2)sc1-c1ccc(-n2cccn2)cc1. The molecule has 10 heteroatoms.